The molecule has 1 saturated heterocycles. The number of rotatable bonds is 5. The first-order valence-electron chi connectivity index (χ1n) is 9.96. The van der Waals surface area contributed by atoms with Crippen molar-refractivity contribution >= 4 is 34.7 Å². The predicted molar refractivity (Wildman–Crippen MR) is 120 cm³/mol. The van der Waals surface area contributed by atoms with Crippen molar-refractivity contribution in [2.75, 3.05) is 20.1 Å². The van der Waals surface area contributed by atoms with E-state index in [4.69, 9.17) is 0 Å². The Morgan fingerprint density at radius 2 is 2.03 bits per heavy atom. The SMILES string of the molecule is CNC(=O)C1(Cc2ccc(-c3cccs3)cc2)CCCN(C(=O)c2snnc2C)C1. The van der Waals surface area contributed by atoms with Gasteiger partial charge in [0.2, 0.25) is 5.91 Å². The lowest BCUT2D eigenvalue weighted by Crippen LogP contribution is -2.54. The van der Waals surface area contributed by atoms with Crippen molar-refractivity contribution in [1.29, 1.82) is 0 Å². The van der Waals surface area contributed by atoms with Crippen molar-refractivity contribution < 1.29 is 9.59 Å². The standard InChI is InChI=1S/C22H24N4O2S2/c1-15-19(30-25-24-15)20(27)26-11-4-10-22(14-26,21(28)23-2)13-16-6-8-17(9-7-16)18-5-3-12-29-18/h3,5-9,12H,4,10-11,13-14H2,1-2H3,(H,23,28). The Morgan fingerprint density at radius 3 is 2.67 bits per heavy atom. The van der Waals surface area contributed by atoms with E-state index in [1.165, 1.54) is 10.4 Å². The summed E-state index contributed by atoms with van der Waals surface area (Å²) in [5, 5.41) is 8.86. The van der Waals surface area contributed by atoms with Crippen LogP contribution < -0.4 is 5.32 Å². The highest BCUT2D eigenvalue weighted by Gasteiger charge is 2.43. The van der Waals surface area contributed by atoms with Gasteiger partial charge in [-0.1, -0.05) is 34.8 Å². The van der Waals surface area contributed by atoms with Crippen LogP contribution in [0.4, 0.5) is 0 Å². The number of nitrogens with one attached hydrogen (secondary N) is 1. The average Bonchev–Trinajstić information content (AvgIpc) is 3.45. The van der Waals surface area contributed by atoms with Crippen LogP contribution in [-0.4, -0.2) is 46.4 Å². The molecule has 1 aliphatic heterocycles. The molecular weight excluding hydrogens is 416 g/mol. The maximum absolute atomic E-state index is 13.0. The Hall–Kier alpha value is -2.58. The molecule has 30 heavy (non-hydrogen) atoms. The van der Waals surface area contributed by atoms with Crippen LogP contribution in [0.5, 0.6) is 0 Å². The molecule has 1 unspecified atom stereocenters. The fourth-order valence-electron chi connectivity index (χ4n) is 4.17. The third-order valence-electron chi connectivity index (χ3n) is 5.72. The predicted octanol–water partition coefficient (Wildman–Crippen LogP) is 3.79. The Labute approximate surface area is 184 Å². The van der Waals surface area contributed by atoms with Gasteiger partial charge in [0, 0.05) is 25.0 Å². The Balaban J connectivity index is 1.57. The molecule has 0 saturated carbocycles. The normalized spacial score (nSPS) is 18.9. The zero-order valence-corrected chi connectivity index (χ0v) is 18.7. The number of piperidine rings is 1. The number of benzene rings is 1. The van der Waals surface area contributed by atoms with Crippen LogP contribution in [0.15, 0.2) is 41.8 Å². The Bertz CT molecular complexity index is 1030. The van der Waals surface area contributed by atoms with Gasteiger partial charge >= 0.3 is 0 Å². The minimum Gasteiger partial charge on any atom is -0.359 e. The third kappa shape index (κ3) is 4.02. The summed E-state index contributed by atoms with van der Waals surface area (Å²) in [7, 11) is 1.67. The number of amides is 2. The third-order valence-corrected chi connectivity index (χ3v) is 7.46. The largest absolute Gasteiger partial charge is 0.359 e. The van der Waals surface area contributed by atoms with Crippen LogP contribution in [0, 0.1) is 12.3 Å². The summed E-state index contributed by atoms with van der Waals surface area (Å²) in [6.07, 6.45) is 2.14. The summed E-state index contributed by atoms with van der Waals surface area (Å²) in [6.45, 7) is 2.84. The second kappa shape index (κ2) is 8.65. The van der Waals surface area contributed by atoms with Gasteiger partial charge in [0.05, 0.1) is 11.1 Å². The number of carbonyl (C=O) groups is 2. The summed E-state index contributed by atoms with van der Waals surface area (Å²) >= 11 is 2.83. The fourth-order valence-corrected chi connectivity index (χ4v) is 5.53. The first-order chi connectivity index (χ1) is 14.5. The summed E-state index contributed by atoms with van der Waals surface area (Å²) in [5.41, 5.74) is 2.28. The number of aryl methyl sites for hydroxylation is 1. The molecule has 156 valence electrons. The number of aromatic nitrogens is 2. The molecule has 1 aromatic carbocycles. The van der Waals surface area contributed by atoms with Gasteiger partial charge in [-0.05, 0) is 60.3 Å². The molecule has 0 bridgehead atoms. The lowest BCUT2D eigenvalue weighted by atomic mass is 9.74. The lowest BCUT2D eigenvalue weighted by molar-refractivity contribution is -0.133. The topological polar surface area (TPSA) is 75.2 Å². The first kappa shape index (κ1) is 20.7. The van der Waals surface area contributed by atoms with Gasteiger partial charge in [0.25, 0.3) is 5.91 Å². The summed E-state index contributed by atoms with van der Waals surface area (Å²) in [6, 6.07) is 12.6. The number of hydrogen-bond acceptors (Lipinski definition) is 6. The molecule has 3 heterocycles. The number of hydrogen-bond donors (Lipinski definition) is 1. The molecule has 0 aliphatic carbocycles. The summed E-state index contributed by atoms with van der Waals surface area (Å²) < 4.78 is 3.89. The van der Waals surface area contributed by atoms with Crippen molar-refractivity contribution in [2.24, 2.45) is 5.41 Å². The molecule has 3 aromatic rings. The minimum atomic E-state index is -0.640. The van der Waals surface area contributed by atoms with Gasteiger partial charge in [-0.25, -0.2) is 0 Å². The lowest BCUT2D eigenvalue weighted by Gasteiger charge is -2.41. The first-order valence-corrected chi connectivity index (χ1v) is 11.6. The van der Waals surface area contributed by atoms with E-state index < -0.39 is 5.41 Å². The van der Waals surface area contributed by atoms with E-state index in [2.05, 4.69) is 50.6 Å². The van der Waals surface area contributed by atoms with Gasteiger partial charge in [-0.15, -0.1) is 16.4 Å². The quantitative estimate of drug-likeness (QED) is 0.655. The second-order valence-electron chi connectivity index (χ2n) is 7.73. The highest BCUT2D eigenvalue weighted by Crippen LogP contribution is 2.36. The molecule has 1 atom stereocenters. The zero-order valence-electron chi connectivity index (χ0n) is 17.1. The van der Waals surface area contributed by atoms with Crippen LogP contribution in [-0.2, 0) is 11.2 Å². The maximum atomic E-state index is 13.0. The van der Waals surface area contributed by atoms with Crippen molar-refractivity contribution in [2.45, 2.75) is 26.2 Å². The maximum Gasteiger partial charge on any atom is 0.267 e. The molecule has 4 rings (SSSR count). The molecule has 0 radical (unpaired) electrons. The van der Waals surface area contributed by atoms with Gasteiger partial charge in [-0.3, -0.25) is 9.59 Å². The van der Waals surface area contributed by atoms with Crippen LogP contribution >= 0.6 is 22.9 Å². The monoisotopic (exact) mass is 440 g/mol. The molecular formula is C22H24N4O2S2. The minimum absolute atomic E-state index is 0.0125. The second-order valence-corrected chi connectivity index (χ2v) is 9.43. The van der Waals surface area contributed by atoms with Gasteiger partial charge in [0.1, 0.15) is 4.88 Å². The highest BCUT2D eigenvalue weighted by molar-refractivity contribution is 7.13. The van der Waals surface area contributed by atoms with E-state index >= 15 is 0 Å². The van der Waals surface area contributed by atoms with Crippen LogP contribution in [0.3, 0.4) is 0 Å². The summed E-state index contributed by atoms with van der Waals surface area (Å²) in [4.78, 5) is 29.6. The van der Waals surface area contributed by atoms with E-state index in [0.717, 1.165) is 29.9 Å². The van der Waals surface area contributed by atoms with Crippen molar-refractivity contribution in [1.82, 2.24) is 19.8 Å². The van der Waals surface area contributed by atoms with E-state index in [-0.39, 0.29) is 11.8 Å². The van der Waals surface area contributed by atoms with E-state index in [9.17, 15) is 9.59 Å². The van der Waals surface area contributed by atoms with E-state index in [0.29, 0.717) is 30.1 Å². The molecule has 1 fully saturated rings. The number of nitrogens with zero attached hydrogens (tertiary/aromatic N) is 3. The number of thiophene rings is 1. The summed E-state index contributed by atoms with van der Waals surface area (Å²) in [5.74, 6) is -0.0926. The van der Waals surface area contributed by atoms with E-state index in [1.807, 2.05) is 6.07 Å². The van der Waals surface area contributed by atoms with Crippen molar-refractivity contribution in [3.63, 3.8) is 0 Å². The number of likely N-dealkylation sites (tertiary alicyclic amines) is 1. The highest BCUT2D eigenvalue weighted by atomic mass is 32.1. The molecule has 1 N–H and O–H groups in total. The zero-order chi connectivity index (χ0) is 21.1. The fraction of sp³-hybridized carbons (Fsp3) is 0.364. The Kier molecular flexibility index (Phi) is 5.97. The van der Waals surface area contributed by atoms with Crippen molar-refractivity contribution in [3.8, 4) is 10.4 Å². The van der Waals surface area contributed by atoms with Gasteiger partial charge < -0.3 is 10.2 Å². The average molecular weight is 441 g/mol. The smallest absolute Gasteiger partial charge is 0.267 e. The van der Waals surface area contributed by atoms with Gasteiger partial charge in [-0.2, -0.15) is 0 Å². The molecule has 2 amide bonds. The molecule has 1 aliphatic rings. The van der Waals surface area contributed by atoms with Gasteiger partial charge in [0.15, 0.2) is 0 Å². The van der Waals surface area contributed by atoms with Crippen LogP contribution in [0.2, 0.25) is 0 Å². The van der Waals surface area contributed by atoms with Crippen molar-refractivity contribution in [3.05, 3.63) is 57.9 Å². The molecule has 6 nitrogen and oxygen atoms in total. The molecule has 0 spiro atoms. The number of carbonyl (C=O) groups excluding carboxylic acids is 2. The van der Waals surface area contributed by atoms with E-state index in [1.54, 1.807) is 30.2 Å². The van der Waals surface area contributed by atoms with Crippen LogP contribution in [0.25, 0.3) is 10.4 Å². The molecule has 8 heteroatoms. The van der Waals surface area contributed by atoms with Crippen LogP contribution in [0.1, 0.15) is 33.8 Å². The Morgan fingerprint density at radius 1 is 1.23 bits per heavy atom. The molecule has 2 aromatic heterocycles.